The number of nitrogens with zero attached hydrogens (tertiary/aromatic N) is 1. The maximum atomic E-state index is 12.2. The Morgan fingerprint density at radius 1 is 1.36 bits per heavy atom. The van der Waals surface area contributed by atoms with Gasteiger partial charge in [-0.1, -0.05) is 13.0 Å². The minimum atomic E-state index is -3.59. The van der Waals surface area contributed by atoms with Crippen LogP contribution in [-0.2, 0) is 14.8 Å². The van der Waals surface area contributed by atoms with Crippen LogP contribution in [0.1, 0.15) is 19.8 Å². The monoisotopic (exact) mass is 326 g/mol. The molecule has 0 aromatic heterocycles. The van der Waals surface area contributed by atoms with E-state index in [4.69, 9.17) is 4.74 Å². The third kappa shape index (κ3) is 4.37. The summed E-state index contributed by atoms with van der Waals surface area (Å²) in [6.07, 6.45) is 1.99. The van der Waals surface area contributed by atoms with E-state index in [9.17, 15) is 13.2 Å². The highest BCUT2D eigenvalue weighted by Crippen LogP contribution is 2.19. The largest absolute Gasteiger partial charge is 0.497 e. The van der Waals surface area contributed by atoms with Crippen molar-refractivity contribution in [3.05, 3.63) is 24.3 Å². The Kier molecular flexibility index (Phi) is 5.28. The van der Waals surface area contributed by atoms with Gasteiger partial charge in [-0.25, -0.2) is 8.42 Å². The van der Waals surface area contributed by atoms with E-state index in [0.29, 0.717) is 11.4 Å². The summed E-state index contributed by atoms with van der Waals surface area (Å²) in [7, 11) is -2.07. The van der Waals surface area contributed by atoms with Gasteiger partial charge in [0.2, 0.25) is 15.9 Å². The molecule has 1 heterocycles. The fraction of sp³-hybridized carbons (Fsp3) is 0.533. The standard InChI is InChI=1S/C15H22N2O4S/c1-12(15(18)17-8-3-4-9-17)11-22(19,20)16-13-6-5-7-14(10-13)21-2/h5-7,10,12,16H,3-4,8-9,11H2,1-2H3. The molecule has 0 radical (unpaired) electrons. The number of anilines is 1. The first kappa shape index (κ1) is 16.6. The van der Waals surface area contributed by atoms with Crippen molar-refractivity contribution < 1.29 is 17.9 Å². The Morgan fingerprint density at radius 3 is 2.68 bits per heavy atom. The van der Waals surface area contributed by atoms with Crippen molar-refractivity contribution in [1.82, 2.24) is 4.90 Å². The minimum Gasteiger partial charge on any atom is -0.497 e. The van der Waals surface area contributed by atoms with E-state index >= 15 is 0 Å². The normalized spacial score (nSPS) is 16.4. The third-order valence-corrected chi connectivity index (χ3v) is 5.14. The predicted octanol–water partition coefficient (Wildman–Crippen LogP) is 1.70. The molecule has 2 rings (SSSR count). The number of nitrogens with one attached hydrogen (secondary N) is 1. The van der Waals surface area contributed by atoms with Gasteiger partial charge in [-0.05, 0) is 25.0 Å². The molecule has 22 heavy (non-hydrogen) atoms. The van der Waals surface area contributed by atoms with E-state index in [-0.39, 0.29) is 11.7 Å². The van der Waals surface area contributed by atoms with Gasteiger partial charge < -0.3 is 9.64 Å². The number of likely N-dealkylation sites (tertiary alicyclic amines) is 1. The first-order valence-corrected chi connectivity index (χ1v) is 9.00. The lowest BCUT2D eigenvalue weighted by atomic mass is 10.2. The Labute approximate surface area is 131 Å². The molecule has 0 aliphatic carbocycles. The highest BCUT2D eigenvalue weighted by atomic mass is 32.2. The van der Waals surface area contributed by atoms with E-state index in [1.54, 1.807) is 36.1 Å². The molecule has 1 unspecified atom stereocenters. The number of carbonyl (C=O) groups is 1. The molecular formula is C15H22N2O4S. The molecular weight excluding hydrogens is 304 g/mol. The summed E-state index contributed by atoms with van der Waals surface area (Å²) in [6.45, 7) is 3.12. The van der Waals surface area contributed by atoms with Crippen LogP contribution in [0.5, 0.6) is 5.75 Å². The summed E-state index contributed by atoms with van der Waals surface area (Å²) in [5.41, 5.74) is 0.431. The Bertz CT molecular complexity index is 624. The van der Waals surface area contributed by atoms with Gasteiger partial charge in [0, 0.05) is 19.2 Å². The van der Waals surface area contributed by atoms with Crippen molar-refractivity contribution >= 4 is 21.6 Å². The zero-order valence-corrected chi connectivity index (χ0v) is 13.7. The number of ether oxygens (including phenoxy) is 1. The van der Waals surface area contributed by atoms with Crippen LogP contribution in [0, 0.1) is 5.92 Å². The van der Waals surface area contributed by atoms with Crippen LogP contribution in [0.4, 0.5) is 5.69 Å². The van der Waals surface area contributed by atoms with Crippen LogP contribution in [0.3, 0.4) is 0 Å². The van der Waals surface area contributed by atoms with Crippen LogP contribution in [0.2, 0.25) is 0 Å². The Morgan fingerprint density at radius 2 is 2.05 bits per heavy atom. The van der Waals surface area contributed by atoms with Gasteiger partial charge in [0.1, 0.15) is 5.75 Å². The second kappa shape index (κ2) is 7.00. The number of amides is 1. The molecule has 1 aliphatic heterocycles. The number of hydrogen-bond acceptors (Lipinski definition) is 4. The average molecular weight is 326 g/mol. The molecule has 1 aromatic rings. The Balaban J connectivity index is 1.99. The fourth-order valence-corrected chi connectivity index (χ4v) is 3.93. The molecule has 0 saturated carbocycles. The van der Waals surface area contributed by atoms with E-state index in [2.05, 4.69) is 4.72 Å². The molecule has 1 aliphatic rings. The second-order valence-corrected chi connectivity index (χ2v) is 7.32. The molecule has 1 atom stereocenters. The summed E-state index contributed by atoms with van der Waals surface area (Å²) in [5.74, 6) is -0.296. The van der Waals surface area contributed by atoms with Crippen molar-refractivity contribution in [2.45, 2.75) is 19.8 Å². The molecule has 1 saturated heterocycles. The Hall–Kier alpha value is -1.76. The molecule has 7 heteroatoms. The highest BCUT2D eigenvalue weighted by molar-refractivity contribution is 7.92. The van der Waals surface area contributed by atoms with Gasteiger partial charge in [0.25, 0.3) is 0 Å². The number of hydrogen-bond donors (Lipinski definition) is 1. The van der Waals surface area contributed by atoms with Gasteiger partial charge in [0.15, 0.2) is 0 Å². The van der Waals surface area contributed by atoms with E-state index < -0.39 is 15.9 Å². The smallest absolute Gasteiger partial charge is 0.233 e. The van der Waals surface area contributed by atoms with Crippen LogP contribution in [0.15, 0.2) is 24.3 Å². The van der Waals surface area contributed by atoms with Crippen LogP contribution in [-0.4, -0.2) is 45.2 Å². The van der Waals surface area contributed by atoms with Gasteiger partial charge in [0.05, 0.1) is 24.5 Å². The molecule has 1 amide bonds. The van der Waals surface area contributed by atoms with Gasteiger partial charge >= 0.3 is 0 Å². The van der Waals surface area contributed by atoms with E-state index in [1.165, 1.54) is 7.11 Å². The van der Waals surface area contributed by atoms with Gasteiger partial charge in [-0.15, -0.1) is 0 Å². The fourth-order valence-electron chi connectivity index (χ4n) is 2.56. The van der Waals surface area contributed by atoms with Crippen molar-refractivity contribution in [2.24, 2.45) is 5.92 Å². The zero-order chi connectivity index (χ0) is 16.2. The van der Waals surface area contributed by atoms with Gasteiger partial charge in [-0.2, -0.15) is 0 Å². The van der Waals surface area contributed by atoms with Crippen LogP contribution >= 0.6 is 0 Å². The maximum absolute atomic E-state index is 12.2. The molecule has 1 fully saturated rings. The summed E-state index contributed by atoms with van der Waals surface area (Å²) in [4.78, 5) is 13.9. The SMILES string of the molecule is COc1cccc(NS(=O)(=O)CC(C)C(=O)N2CCCC2)c1. The van der Waals surface area contributed by atoms with Crippen molar-refractivity contribution in [1.29, 1.82) is 0 Å². The lowest BCUT2D eigenvalue weighted by molar-refractivity contribution is -0.133. The topological polar surface area (TPSA) is 75.7 Å². The third-order valence-electron chi connectivity index (χ3n) is 3.65. The quantitative estimate of drug-likeness (QED) is 0.863. The van der Waals surface area contributed by atoms with Crippen LogP contribution < -0.4 is 9.46 Å². The first-order valence-electron chi connectivity index (χ1n) is 7.34. The number of rotatable bonds is 6. The van der Waals surface area contributed by atoms with Crippen LogP contribution in [0.25, 0.3) is 0 Å². The summed E-state index contributed by atoms with van der Waals surface area (Å²) in [5, 5.41) is 0. The van der Waals surface area contributed by atoms with Crippen molar-refractivity contribution in [3.8, 4) is 5.75 Å². The average Bonchev–Trinajstić information content (AvgIpc) is 2.99. The second-order valence-electron chi connectivity index (χ2n) is 5.55. The summed E-state index contributed by atoms with van der Waals surface area (Å²) < 4.78 is 32.0. The molecule has 1 N–H and O–H groups in total. The summed E-state index contributed by atoms with van der Waals surface area (Å²) >= 11 is 0. The zero-order valence-electron chi connectivity index (χ0n) is 12.9. The number of carbonyl (C=O) groups excluding carboxylic acids is 1. The molecule has 122 valence electrons. The molecule has 6 nitrogen and oxygen atoms in total. The number of methoxy groups -OCH3 is 1. The minimum absolute atomic E-state index is 0.0893. The lowest BCUT2D eigenvalue weighted by Crippen LogP contribution is -2.36. The summed E-state index contributed by atoms with van der Waals surface area (Å²) in [6, 6.07) is 6.68. The highest BCUT2D eigenvalue weighted by Gasteiger charge is 2.27. The number of benzene rings is 1. The molecule has 1 aromatic carbocycles. The molecule has 0 bridgehead atoms. The van der Waals surface area contributed by atoms with E-state index in [1.807, 2.05) is 0 Å². The number of sulfonamides is 1. The van der Waals surface area contributed by atoms with Crippen molar-refractivity contribution in [3.63, 3.8) is 0 Å². The molecule has 0 spiro atoms. The predicted molar refractivity (Wildman–Crippen MR) is 85.4 cm³/mol. The van der Waals surface area contributed by atoms with E-state index in [0.717, 1.165) is 25.9 Å². The van der Waals surface area contributed by atoms with Crippen molar-refractivity contribution in [2.75, 3.05) is 30.7 Å². The maximum Gasteiger partial charge on any atom is 0.233 e. The first-order chi connectivity index (χ1) is 10.4. The van der Waals surface area contributed by atoms with Gasteiger partial charge in [-0.3, -0.25) is 9.52 Å². The lowest BCUT2D eigenvalue weighted by Gasteiger charge is -2.20.